The molecule has 1 aromatic heterocycles. The van der Waals surface area contributed by atoms with E-state index >= 15 is 0 Å². The van der Waals surface area contributed by atoms with E-state index < -0.39 is 0 Å². The van der Waals surface area contributed by atoms with Gasteiger partial charge < -0.3 is 10.2 Å². The van der Waals surface area contributed by atoms with Crippen LogP contribution in [0.1, 0.15) is 35.8 Å². The predicted octanol–water partition coefficient (Wildman–Crippen LogP) is 1.65. The van der Waals surface area contributed by atoms with Crippen LogP contribution in [-0.4, -0.2) is 41.3 Å². The molecule has 2 rings (SSSR count). The molecule has 1 fully saturated rings. The van der Waals surface area contributed by atoms with Gasteiger partial charge >= 0.3 is 0 Å². The van der Waals surface area contributed by atoms with E-state index in [1.54, 1.807) is 13.1 Å². The first-order chi connectivity index (χ1) is 9.49. The highest BCUT2D eigenvalue weighted by molar-refractivity contribution is 6.29. The highest BCUT2D eigenvalue weighted by atomic mass is 35.5. The van der Waals surface area contributed by atoms with Crippen molar-refractivity contribution in [2.24, 2.45) is 0 Å². The highest BCUT2D eigenvalue weighted by Crippen LogP contribution is 2.18. The smallest absolute Gasteiger partial charge is 0.254 e. The van der Waals surface area contributed by atoms with E-state index in [0.717, 1.165) is 18.5 Å². The minimum atomic E-state index is -0.227. The summed E-state index contributed by atoms with van der Waals surface area (Å²) >= 11 is 5.90. The lowest BCUT2D eigenvalue weighted by Gasteiger charge is -2.17. The molecule has 0 bridgehead atoms. The second-order valence-corrected chi connectivity index (χ2v) is 5.41. The van der Waals surface area contributed by atoms with Crippen molar-refractivity contribution in [2.75, 3.05) is 13.6 Å². The molecule has 1 aliphatic carbocycles. The number of nitrogens with one attached hydrogen (secondary N) is 1. The zero-order chi connectivity index (χ0) is 14.7. The molecule has 5 nitrogen and oxygen atoms in total. The van der Waals surface area contributed by atoms with Crippen LogP contribution in [0.3, 0.4) is 0 Å². The van der Waals surface area contributed by atoms with Gasteiger partial charge in [0.15, 0.2) is 0 Å². The first-order valence-electron chi connectivity index (χ1n) is 6.71. The zero-order valence-electron chi connectivity index (χ0n) is 11.6. The number of aryl methyl sites for hydroxylation is 1. The number of carbonyl (C=O) groups excluding carboxylic acids is 2. The normalized spacial score (nSPS) is 13.9. The second kappa shape index (κ2) is 6.22. The van der Waals surface area contributed by atoms with Crippen LogP contribution >= 0.6 is 11.6 Å². The van der Waals surface area contributed by atoms with Crippen molar-refractivity contribution in [3.63, 3.8) is 0 Å². The third kappa shape index (κ3) is 3.93. The van der Waals surface area contributed by atoms with Crippen LogP contribution in [0.2, 0.25) is 5.15 Å². The standard InChI is InChI=1S/C14H18ClN3O2/c1-3-10-6-9(7-12(15)16-10)14(20)18(2)8-13(19)17-11-4-5-11/h6-7,11H,3-5,8H2,1-2H3,(H,17,19). The van der Waals surface area contributed by atoms with Gasteiger partial charge in [-0.15, -0.1) is 0 Å². The van der Waals surface area contributed by atoms with Crippen LogP contribution in [0.15, 0.2) is 12.1 Å². The van der Waals surface area contributed by atoms with E-state index in [4.69, 9.17) is 11.6 Å². The lowest BCUT2D eigenvalue weighted by atomic mass is 10.2. The van der Waals surface area contributed by atoms with Crippen molar-refractivity contribution in [3.8, 4) is 0 Å². The van der Waals surface area contributed by atoms with Gasteiger partial charge in [-0.05, 0) is 31.4 Å². The largest absolute Gasteiger partial charge is 0.352 e. The van der Waals surface area contributed by atoms with Gasteiger partial charge in [-0.3, -0.25) is 9.59 Å². The number of halogens is 1. The summed E-state index contributed by atoms with van der Waals surface area (Å²) in [7, 11) is 1.61. The molecule has 0 radical (unpaired) electrons. The van der Waals surface area contributed by atoms with Crippen LogP contribution in [0, 0.1) is 0 Å². The molecule has 0 spiro atoms. The molecule has 1 N–H and O–H groups in total. The zero-order valence-corrected chi connectivity index (χ0v) is 12.4. The Kier molecular flexibility index (Phi) is 4.60. The molecular weight excluding hydrogens is 278 g/mol. The fourth-order valence-electron chi connectivity index (χ4n) is 1.86. The predicted molar refractivity (Wildman–Crippen MR) is 76.8 cm³/mol. The summed E-state index contributed by atoms with van der Waals surface area (Å²) in [4.78, 5) is 29.5. The van der Waals surface area contributed by atoms with E-state index in [-0.39, 0.29) is 18.4 Å². The van der Waals surface area contributed by atoms with Gasteiger partial charge in [0.2, 0.25) is 5.91 Å². The average Bonchev–Trinajstić information content (AvgIpc) is 3.20. The molecule has 1 aliphatic rings. The van der Waals surface area contributed by atoms with Gasteiger partial charge in [-0.25, -0.2) is 4.98 Å². The molecule has 0 atom stereocenters. The first-order valence-corrected chi connectivity index (χ1v) is 7.08. The summed E-state index contributed by atoms with van der Waals surface area (Å²) < 4.78 is 0. The van der Waals surface area contributed by atoms with Crippen molar-refractivity contribution in [1.82, 2.24) is 15.2 Å². The molecule has 108 valence electrons. The lowest BCUT2D eigenvalue weighted by molar-refractivity contribution is -0.121. The van der Waals surface area contributed by atoms with Crippen molar-refractivity contribution in [2.45, 2.75) is 32.2 Å². The van der Waals surface area contributed by atoms with Gasteiger partial charge in [-0.2, -0.15) is 0 Å². The molecule has 0 aromatic carbocycles. The van der Waals surface area contributed by atoms with E-state index in [1.807, 2.05) is 6.92 Å². The van der Waals surface area contributed by atoms with Crippen LogP contribution in [0.5, 0.6) is 0 Å². The van der Waals surface area contributed by atoms with E-state index in [2.05, 4.69) is 10.3 Å². The fourth-order valence-corrected chi connectivity index (χ4v) is 2.09. The third-order valence-corrected chi connectivity index (χ3v) is 3.32. The van der Waals surface area contributed by atoms with Gasteiger partial charge in [0.05, 0.1) is 6.54 Å². The summed E-state index contributed by atoms with van der Waals surface area (Å²) in [6.07, 6.45) is 2.76. The van der Waals surface area contributed by atoms with Gasteiger partial charge in [0, 0.05) is 24.3 Å². The first kappa shape index (κ1) is 14.8. The molecule has 0 aliphatic heterocycles. The van der Waals surface area contributed by atoms with Crippen molar-refractivity contribution in [3.05, 3.63) is 28.5 Å². The summed E-state index contributed by atoms with van der Waals surface area (Å²) in [6.45, 7) is 2.00. The maximum absolute atomic E-state index is 12.3. The monoisotopic (exact) mass is 295 g/mol. The SMILES string of the molecule is CCc1cc(C(=O)N(C)CC(=O)NC2CC2)cc(Cl)n1. The number of hydrogen-bond acceptors (Lipinski definition) is 3. The van der Waals surface area contributed by atoms with Gasteiger partial charge in [0.1, 0.15) is 5.15 Å². The minimum absolute atomic E-state index is 0.0523. The second-order valence-electron chi connectivity index (χ2n) is 5.03. The number of amides is 2. The Balaban J connectivity index is 2.01. The van der Waals surface area contributed by atoms with Gasteiger partial charge in [-0.1, -0.05) is 18.5 Å². The Morgan fingerprint density at radius 1 is 1.45 bits per heavy atom. The molecule has 0 unspecified atom stereocenters. The van der Waals surface area contributed by atoms with E-state index in [1.165, 1.54) is 11.0 Å². The third-order valence-electron chi connectivity index (χ3n) is 3.13. The molecule has 6 heteroatoms. The Morgan fingerprint density at radius 3 is 2.75 bits per heavy atom. The number of rotatable bonds is 5. The van der Waals surface area contributed by atoms with Gasteiger partial charge in [0.25, 0.3) is 5.91 Å². The van der Waals surface area contributed by atoms with Crippen molar-refractivity contribution < 1.29 is 9.59 Å². The number of aromatic nitrogens is 1. The Labute approximate surface area is 123 Å². The van der Waals surface area contributed by atoms with Crippen LogP contribution in [0.4, 0.5) is 0 Å². The van der Waals surface area contributed by atoms with Crippen molar-refractivity contribution >= 4 is 23.4 Å². The van der Waals surface area contributed by atoms with Crippen molar-refractivity contribution in [1.29, 1.82) is 0 Å². The molecule has 2 amide bonds. The fraction of sp³-hybridized carbons (Fsp3) is 0.500. The Morgan fingerprint density at radius 2 is 2.15 bits per heavy atom. The van der Waals surface area contributed by atoms with Crippen LogP contribution < -0.4 is 5.32 Å². The molecule has 1 saturated carbocycles. The number of likely N-dealkylation sites (N-methyl/N-ethyl adjacent to an activating group) is 1. The number of hydrogen-bond donors (Lipinski definition) is 1. The topological polar surface area (TPSA) is 62.3 Å². The number of nitrogens with zero attached hydrogens (tertiary/aromatic N) is 2. The summed E-state index contributed by atoms with van der Waals surface area (Å²) in [6, 6.07) is 3.54. The Hall–Kier alpha value is -1.62. The van der Waals surface area contributed by atoms with Crippen LogP contribution in [0.25, 0.3) is 0 Å². The molecule has 20 heavy (non-hydrogen) atoms. The highest BCUT2D eigenvalue weighted by Gasteiger charge is 2.24. The molecule has 1 heterocycles. The summed E-state index contributed by atoms with van der Waals surface area (Å²) in [5, 5.41) is 3.15. The average molecular weight is 296 g/mol. The van der Waals surface area contributed by atoms with E-state index in [0.29, 0.717) is 23.2 Å². The maximum Gasteiger partial charge on any atom is 0.254 e. The maximum atomic E-state index is 12.3. The van der Waals surface area contributed by atoms with E-state index in [9.17, 15) is 9.59 Å². The number of pyridine rings is 1. The summed E-state index contributed by atoms with van der Waals surface area (Å²) in [5.41, 5.74) is 1.22. The molecule has 1 aromatic rings. The van der Waals surface area contributed by atoms with Crippen LogP contribution in [-0.2, 0) is 11.2 Å². The summed E-state index contributed by atoms with van der Waals surface area (Å²) in [5.74, 6) is -0.353. The quantitative estimate of drug-likeness (QED) is 0.840. The molecular formula is C14H18ClN3O2. The minimum Gasteiger partial charge on any atom is -0.352 e. The lowest BCUT2D eigenvalue weighted by Crippen LogP contribution is -2.39. The number of carbonyl (C=O) groups is 2. The molecule has 0 saturated heterocycles. The Bertz CT molecular complexity index is 529.